The van der Waals surface area contributed by atoms with Crippen molar-refractivity contribution >= 4 is 9.39 Å². The molecule has 0 bridgehead atoms. The van der Waals surface area contributed by atoms with Crippen LogP contribution in [0.4, 0.5) is 0 Å². The number of nitrogens with zero attached hydrogens (tertiary/aromatic N) is 5. The first-order valence-corrected chi connectivity index (χ1v) is 8.08. The zero-order valence-corrected chi connectivity index (χ0v) is 18.1. The van der Waals surface area contributed by atoms with E-state index < -0.39 is 0 Å². The Balaban J connectivity index is 0.000000568. The molecule has 1 aromatic carbocycles. The monoisotopic (exact) mass is 534 g/mol. The van der Waals surface area contributed by atoms with Gasteiger partial charge in [0.25, 0.3) is 0 Å². The van der Waals surface area contributed by atoms with E-state index in [2.05, 4.69) is 67.9 Å². The second-order valence-electron chi connectivity index (χ2n) is 5.76. The second-order valence-corrected chi connectivity index (χ2v) is 6.22. The van der Waals surface area contributed by atoms with Crippen LogP contribution in [-0.4, -0.2) is 48.3 Å². The fourth-order valence-corrected chi connectivity index (χ4v) is 3.41. The van der Waals surface area contributed by atoms with Gasteiger partial charge in [-0.2, -0.15) is 4.57 Å². The maximum atomic E-state index is 7.39. The van der Waals surface area contributed by atoms with Crippen LogP contribution in [0.5, 0.6) is 0 Å². The Morgan fingerprint density at radius 2 is 2.04 bits per heavy atom. The maximum Gasteiger partial charge on any atom is 2.00 e. The molecular formula is C15H23N6O2PW. The summed E-state index contributed by atoms with van der Waals surface area (Å²) in [4.78, 5) is 2.12. The van der Waals surface area contributed by atoms with Crippen LogP contribution in [0, 0.1) is 19.7 Å². The molecule has 10 heteroatoms. The largest absolute Gasteiger partial charge is 2.00 e. The van der Waals surface area contributed by atoms with Gasteiger partial charge in [0.2, 0.25) is 0 Å². The number of aliphatic hydroxyl groups excluding tert-OH is 1. The van der Waals surface area contributed by atoms with Crippen molar-refractivity contribution in [3.8, 4) is 0 Å². The number of aromatic nitrogens is 4. The maximum absolute atomic E-state index is 7.39. The predicted octanol–water partition coefficient (Wildman–Crippen LogP) is 1.19. The Labute approximate surface area is 164 Å². The van der Waals surface area contributed by atoms with E-state index in [9.17, 15) is 0 Å². The van der Waals surface area contributed by atoms with Gasteiger partial charge in [0.15, 0.2) is 5.82 Å². The first-order chi connectivity index (χ1) is 11.5. The minimum absolute atomic E-state index is 0. The van der Waals surface area contributed by atoms with E-state index in [1.807, 2.05) is 6.07 Å². The molecule has 0 saturated carbocycles. The Kier molecular flexibility index (Phi) is 9.28. The van der Waals surface area contributed by atoms with Crippen LogP contribution in [0.15, 0.2) is 30.3 Å². The van der Waals surface area contributed by atoms with E-state index in [4.69, 9.17) is 10.3 Å². The summed E-state index contributed by atoms with van der Waals surface area (Å²) in [7, 11) is 6.52. The molecule has 3 unspecified atom stereocenters. The van der Waals surface area contributed by atoms with Crippen molar-refractivity contribution in [3.63, 3.8) is 0 Å². The molecule has 8 nitrogen and oxygen atoms in total. The van der Waals surface area contributed by atoms with E-state index in [1.54, 1.807) is 0 Å². The molecule has 0 amide bonds. The van der Waals surface area contributed by atoms with Gasteiger partial charge in [0.1, 0.15) is 0 Å². The molecule has 1 fully saturated rings. The van der Waals surface area contributed by atoms with Crippen LogP contribution in [0.3, 0.4) is 0 Å². The predicted molar refractivity (Wildman–Crippen MR) is 92.0 cm³/mol. The number of hydroxylamine groups is 1. The number of tetrazole rings is 1. The number of piperidine rings is 1. The Hall–Kier alpha value is -0.752. The number of aliphatic hydroxyl groups is 1. The van der Waals surface area contributed by atoms with Crippen molar-refractivity contribution in [2.45, 2.75) is 18.8 Å². The van der Waals surface area contributed by atoms with Crippen LogP contribution >= 0.6 is 9.39 Å². The molecular weight excluding hydrogens is 511 g/mol. The third-order valence-corrected chi connectivity index (χ3v) is 4.59. The second kappa shape index (κ2) is 10.4. The molecule has 2 heterocycles. The molecule has 2 aromatic rings. The van der Waals surface area contributed by atoms with Crippen molar-refractivity contribution < 1.29 is 31.4 Å². The van der Waals surface area contributed by atoms with Crippen LogP contribution in [0.2, 0.25) is 0 Å². The standard InChI is InChI=1S/C14H19N5P.CH4NO2.W/c1-11-10-18(2)9-8-14(11,12-6-4-3-5-7-12)13-15-17-19(20)16-13;3-1-2-4;/h3-7,11H,2,8-10,20H2,1H3;1-4H;/q2*-1;+2. The van der Waals surface area contributed by atoms with Gasteiger partial charge in [-0.15, -0.1) is 16.9 Å². The SMILES string of the molecule is O[CH-]NO.[CH2-]N1CCC(c2ccccc2)(c2nnn(P)n2)C(C)C1.[W+2]. The summed E-state index contributed by atoms with van der Waals surface area (Å²) < 4.78 is 1.46. The Morgan fingerprint density at radius 1 is 1.40 bits per heavy atom. The molecule has 25 heavy (non-hydrogen) atoms. The van der Waals surface area contributed by atoms with Crippen molar-refractivity contribution in [1.29, 1.82) is 0 Å². The number of nitrogens with one attached hydrogen (secondary N) is 1. The Morgan fingerprint density at radius 3 is 2.52 bits per heavy atom. The van der Waals surface area contributed by atoms with E-state index in [-0.39, 0.29) is 26.5 Å². The summed E-state index contributed by atoms with van der Waals surface area (Å²) in [6, 6.07) is 10.5. The molecule has 1 aliphatic rings. The quantitative estimate of drug-likeness (QED) is 0.309. The average molecular weight is 534 g/mol. The molecule has 1 aromatic heterocycles. The van der Waals surface area contributed by atoms with E-state index in [0.29, 0.717) is 12.6 Å². The van der Waals surface area contributed by atoms with Gasteiger partial charge < -0.3 is 20.7 Å². The van der Waals surface area contributed by atoms with Gasteiger partial charge >= 0.3 is 21.1 Å². The zero-order chi connectivity index (χ0) is 17.6. The normalized spacial score (nSPS) is 23.3. The number of likely N-dealkylation sites (tertiary alicyclic amines) is 1. The van der Waals surface area contributed by atoms with E-state index >= 15 is 0 Å². The topological polar surface area (TPSA) is 99.3 Å². The molecule has 0 radical (unpaired) electrons. The fourth-order valence-electron chi connectivity index (χ4n) is 3.24. The van der Waals surface area contributed by atoms with Crippen molar-refractivity contribution in [2.24, 2.45) is 5.92 Å². The third kappa shape index (κ3) is 5.13. The van der Waals surface area contributed by atoms with E-state index in [1.165, 1.54) is 15.6 Å². The van der Waals surface area contributed by atoms with Crippen LogP contribution in [-0.2, 0) is 26.5 Å². The summed E-state index contributed by atoms with van der Waals surface area (Å²) in [5, 5.41) is 27.5. The fraction of sp³-hybridized carbons (Fsp3) is 0.400. The zero-order valence-electron chi connectivity index (χ0n) is 14.0. The van der Waals surface area contributed by atoms with Crippen molar-refractivity contribution in [1.82, 2.24) is 30.4 Å². The number of rotatable bonds is 3. The van der Waals surface area contributed by atoms with Gasteiger partial charge in [0.05, 0.1) is 5.41 Å². The van der Waals surface area contributed by atoms with Crippen molar-refractivity contribution in [2.75, 3.05) is 13.1 Å². The molecule has 1 saturated heterocycles. The molecule has 3 N–H and O–H groups in total. The smallest absolute Gasteiger partial charge is 0.549 e. The number of benzene rings is 1. The molecule has 3 atom stereocenters. The van der Waals surface area contributed by atoms with E-state index in [0.717, 1.165) is 25.3 Å². The number of hydrogen-bond donors (Lipinski definition) is 3. The molecule has 3 rings (SSSR count). The van der Waals surface area contributed by atoms with Gasteiger partial charge in [0, 0.05) is 9.39 Å². The summed E-state index contributed by atoms with van der Waals surface area (Å²) in [5.41, 5.74) is 2.45. The van der Waals surface area contributed by atoms with Crippen LogP contribution in [0.1, 0.15) is 24.7 Å². The van der Waals surface area contributed by atoms with Crippen molar-refractivity contribution in [3.05, 3.63) is 55.5 Å². The summed E-state index contributed by atoms with van der Waals surface area (Å²) >= 11 is 0. The van der Waals surface area contributed by atoms with Gasteiger partial charge in [-0.25, -0.2) is 0 Å². The van der Waals surface area contributed by atoms with Crippen LogP contribution < -0.4 is 5.48 Å². The van der Waals surface area contributed by atoms with Crippen LogP contribution in [0.25, 0.3) is 0 Å². The summed E-state index contributed by atoms with van der Waals surface area (Å²) in [5.74, 6) is 1.18. The minimum Gasteiger partial charge on any atom is -0.549 e. The first kappa shape index (κ1) is 22.3. The molecule has 0 aliphatic carbocycles. The minimum atomic E-state index is -0.176. The van der Waals surface area contributed by atoms with Gasteiger partial charge in [-0.3, -0.25) is 7.05 Å². The van der Waals surface area contributed by atoms with Gasteiger partial charge in [-0.05, 0) is 36.2 Å². The molecule has 1 aliphatic heterocycles. The average Bonchev–Trinajstić information content (AvgIpc) is 3.03. The molecule has 0 spiro atoms. The first-order valence-electron chi connectivity index (χ1n) is 7.56. The summed E-state index contributed by atoms with van der Waals surface area (Å²) in [6.45, 7) is 4.54. The third-order valence-electron chi connectivity index (χ3n) is 4.37. The summed E-state index contributed by atoms with van der Waals surface area (Å²) in [6.07, 6.45) is 0.956. The van der Waals surface area contributed by atoms with Gasteiger partial charge in [-0.1, -0.05) is 37.3 Å². The number of hydrogen-bond acceptors (Lipinski definition) is 7. The molecule has 136 valence electrons. The Bertz CT molecular complexity index is 629.